The molecule has 0 atom stereocenters. The summed E-state index contributed by atoms with van der Waals surface area (Å²) in [6, 6.07) is 0. The Morgan fingerprint density at radius 1 is 1.75 bits per heavy atom. The highest BCUT2D eigenvalue weighted by molar-refractivity contribution is 9.11. The van der Waals surface area contributed by atoms with Crippen LogP contribution in [0.15, 0.2) is 10.7 Å². The normalized spacial score (nSPS) is 24.6. The van der Waals surface area contributed by atoms with Crippen LogP contribution in [-0.4, -0.2) is 6.54 Å². The van der Waals surface area contributed by atoms with Crippen LogP contribution in [0.1, 0.15) is 13.8 Å². The minimum atomic E-state index is 0.346. The third kappa shape index (κ3) is 1.25. The molecule has 1 N–H and O–H groups in total. The Hall–Kier alpha value is 0.0200. The molecule has 0 saturated carbocycles. The van der Waals surface area contributed by atoms with E-state index in [9.17, 15) is 0 Å². The molecule has 0 unspecified atom stereocenters. The van der Waals surface area contributed by atoms with E-state index < -0.39 is 0 Å². The molecule has 1 heterocycles. The lowest BCUT2D eigenvalue weighted by atomic mass is 9.96. The van der Waals surface area contributed by atoms with Crippen LogP contribution in [-0.2, 0) is 0 Å². The molecular weight excluding hydrogens is 166 g/mol. The van der Waals surface area contributed by atoms with Crippen molar-refractivity contribution in [3.8, 4) is 0 Å². The number of nitrogens with one attached hydrogen (secondary N) is 1. The van der Waals surface area contributed by atoms with Crippen molar-refractivity contribution in [1.82, 2.24) is 5.32 Å². The molecule has 0 aromatic heterocycles. The fraction of sp³-hybridized carbons (Fsp3) is 0.667. The lowest BCUT2D eigenvalue weighted by Gasteiger charge is -2.10. The summed E-state index contributed by atoms with van der Waals surface area (Å²) in [6.45, 7) is 5.45. The van der Waals surface area contributed by atoms with Crippen molar-refractivity contribution in [1.29, 1.82) is 0 Å². The zero-order valence-corrected chi connectivity index (χ0v) is 6.75. The van der Waals surface area contributed by atoms with Crippen LogP contribution < -0.4 is 5.32 Å². The maximum Gasteiger partial charge on any atom is 0.0745 e. The van der Waals surface area contributed by atoms with Gasteiger partial charge in [0.1, 0.15) is 0 Å². The number of hydrogen-bond acceptors (Lipinski definition) is 1. The van der Waals surface area contributed by atoms with E-state index in [1.165, 1.54) is 0 Å². The monoisotopic (exact) mass is 175 g/mol. The standard InChI is InChI=1S/C6H10BrN/c1-6(2)3-5(7)8-4-6/h3,8H,4H2,1-2H3. The second-order valence-corrected chi connectivity index (χ2v) is 3.69. The summed E-state index contributed by atoms with van der Waals surface area (Å²) >= 11 is 3.36. The van der Waals surface area contributed by atoms with Gasteiger partial charge in [-0.15, -0.1) is 0 Å². The van der Waals surface area contributed by atoms with Gasteiger partial charge < -0.3 is 5.32 Å². The Labute approximate surface area is 58.3 Å². The van der Waals surface area contributed by atoms with Gasteiger partial charge in [0.15, 0.2) is 0 Å². The molecular formula is C6H10BrN. The molecule has 1 nitrogen and oxygen atoms in total. The Bertz CT molecular complexity index is 126. The SMILES string of the molecule is CC1(C)C=C(Br)NC1. The number of rotatable bonds is 0. The molecule has 1 rings (SSSR count). The molecule has 0 aromatic carbocycles. The van der Waals surface area contributed by atoms with E-state index in [1.54, 1.807) is 0 Å². The van der Waals surface area contributed by atoms with E-state index in [-0.39, 0.29) is 0 Å². The fourth-order valence-electron chi connectivity index (χ4n) is 0.757. The van der Waals surface area contributed by atoms with Crippen LogP contribution in [0.3, 0.4) is 0 Å². The minimum absolute atomic E-state index is 0.346. The second-order valence-electron chi connectivity index (χ2n) is 2.83. The van der Waals surface area contributed by atoms with Gasteiger partial charge in [0.2, 0.25) is 0 Å². The quantitative estimate of drug-likeness (QED) is 0.555. The van der Waals surface area contributed by atoms with Crippen LogP contribution in [0.4, 0.5) is 0 Å². The largest absolute Gasteiger partial charge is 0.379 e. The lowest BCUT2D eigenvalue weighted by Crippen LogP contribution is -2.16. The van der Waals surface area contributed by atoms with E-state index in [4.69, 9.17) is 0 Å². The van der Waals surface area contributed by atoms with Gasteiger partial charge in [0.05, 0.1) is 4.61 Å². The first-order valence-electron chi connectivity index (χ1n) is 2.72. The van der Waals surface area contributed by atoms with Gasteiger partial charge in [0.25, 0.3) is 0 Å². The highest BCUT2D eigenvalue weighted by atomic mass is 79.9. The predicted molar refractivity (Wildman–Crippen MR) is 38.8 cm³/mol. The van der Waals surface area contributed by atoms with E-state index in [2.05, 4.69) is 41.2 Å². The molecule has 0 aromatic rings. The van der Waals surface area contributed by atoms with Gasteiger partial charge in [-0.05, 0) is 22.0 Å². The maximum absolute atomic E-state index is 3.36. The maximum atomic E-state index is 3.36. The van der Waals surface area contributed by atoms with Gasteiger partial charge >= 0.3 is 0 Å². The van der Waals surface area contributed by atoms with E-state index in [1.807, 2.05) is 0 Å². The molecule has 2 heteroatoms. The average Bonchev–Trinajstić information content (AvgIpc) is 1.82. The van der Waals surface area contributed by atoms with E-state index >= 15 is 0 Å². The molecule has 0 spiro atoms. The zero-order chi connectivity index (χ0) is 6.20. The molecule has 8 heavy (non-hydrogen) atoms. The molecule has 0 radical (unpaired) electrons. The van der Waals surface area contributed by atoms with Gasteiger partial charge in [-0.3, -0.25) is 0 Å². The summed E-state index contributed by atoms with van der Waals surface area (Å²) in [4.78, 5) is 0. The van der Waals surface area contributed by atoms with Crippen LogP contribution in [0, 0.1) is 5.41 Å². The van der Waals surface area contributed by atoms with Crippen molar-refractivity contribution in [3.05, 3.63) is 10.7 Å². The highest BCUT2D eigenvalue weighted by Crippen LogP contribution is 2.25. The van der Waals surface area contributed by atoms with Crippen LogP contribution in [0.2, 0.25) is 0 Å². The Balaban J connectivity index is 2.67. The van der Waals surface area contributed by atoms with Gasteiger partial charge in [-0.2, -0.15) is 0 Å². The lowest BCUT2D eigenvalue weighted by molar-refractivity contribution is 0.497. The smallest absolute Gasteiger partial charge is 0.0745 e. The third-order valence-electron chi connectivity index (χ3n) is 1.23. The molecule has 1 aliphatic heterocycles. The van der Waals surface area contributed by atoms with Crippen molar-refractivity contribution in [2.24, 2.45) is 5.41 Å². The van der Waals surface area contributed by atoms with Crippen LogP contribution in [0.5, 0.6) is 0 Å². The summed E-state index contributed by atoms with van der Waals surface area (Å²) in [6.07, 6.45) is 2.19. The van der Waals surface area contributed by atoms with Crippen molar-refractivity contribution in [3.63, 3.8) is 0 Å². The van der Waals surface area contributed by atoms with Crippen molar-refractivity contribution >= 4 is 15.9 Å². The molecule has 1 aliphatic rings. The van der Waals surface area contributed by atoms with Gasteiger partial charge in [-0.1, -0.05) is 13.8 Å². The molecule has 0 aliphatic carbocycles. The van der Waals surface area contributed by atoms with Crippen molar-refractivity contribution in [2.75, 3.05) is 6.54 Å². The summed E-state index contributed by atoms with van der Waals surface area (Å²) < 4.78 is 1.13. The Morgan fingerprint density at radius 2 is 2.38 bits per heavy atom. The number of halogens is 1. The predicted octanol–water partition coefficient (Wildman–Crippen LogP) is 1.85. The summed E-state index contributed by atoms with van der Waals surface area (Å²) in [5.74, 6) is 0. The third-order valence-corrected chi connectivity index (χ3v) is 1.74. The van der Waals surface area contributed by atoms with Crippen LogP contribution in [0.25, 0.3) is 0 Å². The average molecular weight is 176 g/mol. The molecule has 0 saturated heterocycles. The first-order valence-corrected chi connectivity index (χ1v) is 3.52. The molecule has 0 bridgehead atoms. The topological polar surface area (TPSA) is 12.0 Å². The first-order chi connectivity index (χ1) is 3.60. The second kappa shape index (κ2) is 1.76. The molecule has 0 amide bonds. The summed E-state index contributed by atoms with van der Waals surface area (Å²) in [5, 5.41) is 3.19. The fourth-order valence-corrected chi connectivity index (χ4v) is 1.52. The Kier molecular flexibility index (Phi) is 1.35. The Morgan fingerprint density at radius 3 is 2.50 bits per heavy atom. The number of hydrogen-bond donors (Lipinski definition) is 1. The van der Waals surface area contributed by atoms with Crippen molar-refractivity contribution < 1.29 is 0 Å². The van der Waals surface area contributed by atoms with Gasteiger partial charge in [-0.25, -0.2) is 0 Å². The molecule has 0 fully saturated rings. The first kappa shape index (κ1) is 6.14. The minimum Gasteiger partial charge on any atom is -0.379 e. The van der Waals surface area contributed by atoms with Crippen molar-refractivity contribution in [2.45, 2.75) is 13.8 Å². The van der Waals surface area contributed by atoms with E-state index in [0.717, 1.165) is 11.2 Å². The highest BCUT2D eigenvalue weighted by Gasteiger charge is 2.20. The van der Waals surface area contributed by atoms with Gasteiger partial charge in [0, 0.05) is 12.0 Å². The van der Waals surface area contributed by atoms with Crippen LogP contribution >= 0.6 is 15.9 Å². The summed E-state index contributed by atoms with van der Waals surface area (Å²) in [5.41, 5.74) is 0.346. The zero-order valence-electron chi connectivity index (χ0n) is 5.16. The van der Waals surface area contributed by atoms with E-state index in [0.29, 0.717) is 5.41 Å². The molecule has 46 valence electrons. The summed E-state index contributed by atoms with van der Waals surface area (Å²) in [7, 11) is 0.